The second-order valence-electron chi connectivity index (χ2n) is 6.50. The van der Waals surface area contributed by atoms with E-state index in [0.29, 0.717) is 50.8 Å². The van der Waals surface area contributed by atoms with Crippen molar-refractivity contribution in [3.05, 3.63) is 57.9 Å². The highest BCUT2D eigenvalue weighted by Gasteiger charge is 2.31. The van der Waals surface area contributed by atoms with Gasteiger partial charge in [-0.25, -0.2) is 4.39 Å². The highest BCUT2D eigenvalue weighted by atomic mass is 19.1. The Morgan fingerprint density at radius 1 is 1.04 bits per heavy atom. The van der Waals surface area contributed by atoms with Crippen molar-refractivity contribution in [2.75, 3.05) is 44.3 Å². The number of nitrogens with zero attached hydrogens (tertiary/aromatic N) is 3. The van der Waals surface area contributed by atoms with E-state index in [1.54, 1.807) is 18.2 Å². The van der Waals surface area contributed by atoms with E-state index in [1.807, 2.05) is 4.90 Å². The molecule has 0 unspecified atom stereocenters. The largest absolute Gasteiger partial charge is 0.486 e. The number of amides is 1. The van der Waals surface area contributed by atoms with E-state index in [4.69, 9.17) is 9.47 Å². The third-order valence-electron chi connectivity index (χ3n) is 4.85. The van der Waals surface area contributed by atoms with Gasteiger partial charge in [-0.1, -0.05) is 12.1 Å². The maximum Gasteiger partial charge on any atom is 0.286 e. The van der Waals surface area contributed by atoms with Gasteiger partial charge in [-0.15, -0.1) is 0 Å². The number of carbonyl (C=O) groups is 1. The normalized spacial score (nSPS) is 16.0. The fourth-order valence-electron chi connectivity index (χ4n) is 3.43. The summed E-state index contributed by atoms with van der Waals surface area (Å²) in [6.45, 7) is 2.16. The number of rotatable bonds is 3. The first-order valence-electron chi connectivity index (χ1n) is 8.91. The summed E-state index contributed by atoms with van der Waals surface area (Å²) in [7, 11) is 0. The Balaban J connectivity index is 1.54. The maximum absolute atomic E-state index is 14.0. The molecule has 2 aliphatic rings. The second kappa shape index (κ2) is 7.34. The molecule has 9 heteroatoms. The van der Waals surface area contributed by atoms with E-state index < -0.39 is 10.8 Å². The van der Waals surface area contributed by atoms with Crippen LogP contribution in [0.1, 0.15) is 10.4 Å². The molecule has 0 spiro atoms. The second-order valence-corrected chi connectivity index (χ2v) is 6.50. The predicted octanol–water partition coefficient (Wildman–Crippen LogP) is 2.47. The molecule has 0 aromatic heterocycles. The number of carbonyl (C=O) groups excluding carboxylic acids is 1. The summed E-state index contributed by atoms with van der Waals surface area (Å²) in [5, 5.41) is 11.5. The quantitative estimate of drug-likeness (QED) is 0.594. The monoisotopic (exact) mass is 387 g/mol. The van der Waals surface area contributed by atoms with Crippen molar-refractivity contribution in [3.8, 4) is 11.5 Å². The lowest BCUT2D eigenvalue weighted by Crippen LogP contribution is -2.49. The smallest absolute Gasteiger partial charge is 0.286 e. The zero-order valence-corrected chi connectivity index (χ0v) is 15.0. The first-order chi connectivity index (χ1) is 13.5. The molecule has 1 saturated heterocycles. The number of fused-ring (bicyclic) bond motifs is 1. The number of nitro benzene ring substituents is 1. The van der Waals surface area contributed by atoms with Gasteiger partial charge in [-0.05, 0) is 12.1 Å². The molecule has 2 aliphatic heterocycles. The minimum absolute atomic E-state index is 0.0337. The van der Waals surface area contributed by atoms with Crippen LogP contribution in [-0.2, 0) is 0 Å². The van der Waals surface area contributed by atoms with Gasteiger partial charge >= 0.3 is 0 Å². The summed E-state index contributed by atoms with van der Waals surface area (Å²) in [5.41, 5.74) is 0.138. The maximum atomic E-state index is 14.0. The van der Waals surface area contributed by atoms with Crippen molar-refractivity contribution < 1.29 is 23.6 Å². The third kappa shape index (κ3) is 3.30. The summed E-state index contributed by atoms with van der Waals surface area (Å²) < 4.78 is 24.8. The van der Waals surface area contributed by atoms with Gasteiger partial charge in [-0.2, -0.15) is 0 Å². The fraction of sp³-hybridized carbons (Fsp3) is 0.316. The Labute approximate surface area is 160 Å². The molecule has 2 aromatic carbocycles. The Hall–Kier alpha value is -3.36. The van der Waals surface area contributed by atoms with Crippen LogP contribution < -0.4 is 14.4 Å². The Kier molecular flexibility index (Phi) is 4.72. The zero-order valence-electron chi connectivity index (χ0n) is 15.0. The van der Waals surface area contributed by atoms with Crippen LogP contribution in [0.25, 0.3) is 0 Å². The van der Waals surface area contributed by atoms with Gasteiger partial charge in [0.05, 0.1) is 16.7 Å². The van der Waals surface area contributed by atoms with Crippen LogP contribution in [0.2, 0.25) is 0 Å². The number of ether oxygens (including phenoxy) is 2. The van der Waals surface area contributed by atoms with Gasteiger partial charge in [0.2, 0.25) is 0 Å². The summed E-state index contributed by atoms with van der Waals surface area (Å²) in [6.07, 6.45) is 0. The van der Waals surface area contributed by atoms with E-state index in [1.165, 1.54) is 23.1 Å². The molecule has 1 amide bonds. The highest BCUT2D eigenvalue weighted by Crippen LogP contribution is 2.37. The topological polar surface area (TPSA) is 85.1 Å². The Bertz CT molecular complexity index is 928. The molecule has 0 N–H and O–H groups in total. The van der Waals surface area contributed by atoms with Crippen molar-refractivity contribution in [3.63, 3.8) is 0 Å². The SMILES string of the molecule is O=C(c1cc2c(cc1[N+](=O)[O-])OCCO2)N1CCN(c2ccccc2F)CC1. The summed E-state index contributed by atoms with van der Waals surface area (Å²) in [5.74, 6) is -0.175. The number of halogens is 1. The molecule has 4 rings (SSSR count). The van der Waals surface area contributed by atoms with E-state index in [2.05, 4.69) is 0 Å². The lowest BCUT2D eigenvalue weighted by atomic mass is 10.1. The molecular formula is C19H18FN3O5. The van der Waals surface area contributed by atoms with Gasteiger partial charge in [-0.3, -0.25) is 14.9 Å². The van der Waals surface area contributed by atoms with E-state index >= 15 is 0 Å². The predicted molar refractivity (Wildman–Crippen MR) is 98.6 cm³/mol. The van der Waals surface area contributed by atoms with Crippen molar-refractivity contribution in [2.45, 2.75) is 0 Å². The van der Waals surface area contributed by atoms with Crippen LogP contribution >= 0.6 is 0 Å². The van der Waals surface area contributed by atoms with Crippen LogP contribution in [0, 0.1) is 15.9 Å². The van der Waals surface area contributed by atoms with Crippen molar-refractivity contribution in [2.24, 2.45) is 0 Å². The van der Waals surface area contributed by atoms with Crippen molar-refractivity contribution in [1.29, 1.82) is 0 Å². The molecule has 2 heterocycles. The number of piperazine rings is 1. The number of para-hydroxylation sites is 1. The lowest BCUT2D eigenvalue weighted by molar-refractivity contribution is -0.385. The Morgan fingerprint density at radius 3 is 2.32 bits per heavy atom. The summed E-state index contributed by atoms with van der Waals surface area (Å²) in [4.78, 5) is 27.2. The number of hydrogen-bond acceptors (Lipinski definition) is 6. The van der Waals surface area contributed by atoms with Gasteiger partial charge in [0.15, 0.2) is 11.5 Å². The summed E-state index contributed by atoms with van der Waals surface area (Å²) >= 11 is 0. The molecule has 0 atom stereocenters. The number of benzene rings is 2. The van der Waals surface area contributed by atoms with Crippen LogP contribution in [0.3, 0.4) is 0 Å². The van der Waals surface area contributed by atoms with Gasteiger partial charge < -0.3 is 19.3 Å². The van der Waals surface area contributed by atoms with E-state index in [-0.39, 0.29) is 22.8 Å². The molecule has 0 bridgehead atoms. The number of nitro groups is 1. The zero-order chi connectivity index (χ0) is 19.7. The fourth-order valence-corrected chi connectivity index (χ4v) is 3.43. The molecule has 28 heavy (non-hydrogen) atoms. The average molecular weight is 387 g/mol. The molecule has 8 nitrogen and oxygen atoms in total. The average Bonchev–Trinajstić information content (AvgIpc) is 2.73. The van der Waals surface area contributed by atoms with Crippen LogP contribution in [0.5, 0.6) is 11.5 Å². The van der Waals surface area contributed by atoms with Crippen molar-refractivity contribution >= 4 is 17.3 Å². The van der Waals surface area contributed by atoms with Gasteiger partial charge in [0.1, 0.15) is 24.6 Å². The molecule has 1 fully saturated rings. The Morgan fingerprint density at radius 2 is 1.68 bits per heavy atom. The number of hydrogen-bond donors (Lipinski definition) is 0. The van der Waals surface area contributed by atoms with Gasteiger partial charge in [0.25, 0.3) is 11.6 Å². The lowest BCUT2D eigenvalue weighted by Gasteiger charge is -2.36. The van der Waals surface area contributed by atoms with Crippen LogP contribution in [0.15, 0.2) is 36.4 Å². The third-order valence-corrected chi connectivity index (χ3v) is 4.85. The molecule has 2 aromatic rings. The first kappa shape index (κ1) is 18.0. The highest BCUT2D eigenvalue weighted by molar-refractivity contribution is 5.99. The van der Waals surface area contributed by atoms with Crippen LogP contribution in [-0.4, -0.2) is 55.1 Å². The molecular weight excluding hydrogens is 369 g/mol. The molecule has 0 aliphatic carbocycles. The number of anilines is 1. The summed E-state index contributed by atoms with van der Waals surface area (Å²) in [6, 6.07) is 9.08. The van der Waals surface area contributed by atoms with E-state index in [9.17, 15) is 19.3 Å². The standard InChI is InChI=1S/C19H18FN3O5/c20-14-3-1-2-4-15(14)21-5-7-22(8-6-21)19(24)13-11-17-18(28-10-9-27-17)12-16(13)23(25)26/h1-4,11-12H,5-10H2. The first-order valence-corrected chi connectivity index (χ1v) is 8.91. The van der Waals surface area contributed by atoms with Gasteiger partial charge in [0, 0.05) is 32.2 Å². The molecule has 0 radical (unpaired) electrons. The molecule has 0 saturated carbocycles. The minimum atomic E-state index is -0.596. The molecule has 146 valence electrons. The van der Waals surface area contributed by atoms with Crippen molar-refractivity contribution in [1.82, 2.24) is 4.90 Å². The van der Waals surface area contributed by atoms with E-state index in [0.717, 1.165) is 0 Å². The van der Waals surface area contributed by atoms with Crippen LogP contribution in [0.4, 0.5) is 15.8 Å². The minimum Gasteiger partial charge on any atom is -0.486 e.